The van der Waals surface area contributed by atoms with Crippen LogP contribution in [-0.2, 0) is 13.1 Å². The summed E-state index contributed by atoms with van der Waals surface area (Å²) < 4.78 is 0. The summed E-state index contributed by atoms with van der Waals surface area (Å²) in [5.41, 5.74) is 6.01. The average Bonchev–Trinajstić information content (AvgIpc) is 2.86. The van der Waals surface area contributed by atoms with E-state index in [1.165, 1.54) is 16.8 Å². The molecule has 1 aromatic carbocycles. The van der Waals surface area contributed by atoms with Crippen molar-refractivity contribution in [1.82, 2.24) is 15.3 Å². The third kappa shape index (κ3) is 2.15. The van der Waals surface area contributed by atoms with Gasteiger partial charge in [0, 0.05) is 24.2 Å². The fourth-order valence-electron chi connectivity index (χ4n) is 2.62. The lowest BCUT2D eigenvalue weighted by atomic mass is 10.0. The number of rotatable bonds is 2. The summed E-state index contributed by atoms with van der Waals surface area (Å²) >= 11 is 0. The molecule has 1 aromatic heterocycles. The Balaban J connectivity index is 2.19. The fraction of sp³-hybridized carbons (Fsp3) is 0.375. The Bertz CT molecular complexity index is 617. The van der Waals surface area contributed by atoms with Crippen LogP contribution in [0.1, 0.15) is 42.3 Å². The number of aryl methyl sites for hydroxylation is 1. The highest BCUT2D eigenvalue weighted by atomic mass is 15.0. The Hall–Kier alpha value is -1.74. The Labute approximate surface area is 114 Å². The van der Waals surface area contributed by atoms with Crippen molar-refractivity contribution >= 4 is 0 Å². The van der Waals surface area contributed by atoms with E-state index in [-0.39, 0.29) is 0 Å². The molecule has 1 aliphatic heterocycles. The molecule has 3 nitrogen and oxygen atoms in total. The van der Waals surface area contributed by atoms with Crippen molar-refractivity contribution in [2.75, 3.05) is 0 Å². The number of nitrogens with zero attached hydrogens (tertiary/aromatic N) is 2. The summed E-state index contributed by atoms with van der Waals surface area (Å²) in [6.45, 7) is 8.26. The van der Waals surface area contributed by atoms with E-state index in [0.29, 0.717) is 5.92 Å². The van der Waals surface area contributed by atoms with E-state index in [4.69, 9.17) is 9.97 Å². The lowest BCUT2D eigenvalue weighted by Gasteiger charge is -2.13. The van der Waals surface area contributed by atoms with Gasteiger partial charge >= 0.3 is 0 Å². The van der Waals surface area contributed by atoms with Gasteiger partial charge in [0.15, 0.2) is 5.82 Å². The van der Waals surface area contributed by atoms with Gasteiger partial charge in [-0.3, -0.25) is 0 Å². The monoisotopic (exact) mass is 253 g/mol. The number of hydrogen-bond acceptors (Lipinski definition) is 3. The minimum Gasteiger partial charge on any atom is -0.307 e. The van der Waals surface area contributed by atoms with Gasteiger partial charge in [0.2, 0.25) is 0 Å². The molecule has 98 valence electrons. The van der Waals surface area contributed by atoms with Crippen LogP contribution in [0.3, 0.4) is 0 Å². The smallest absolute Gasteiger partial charge is 0.159 e. The summed E-state index contributed by atoms with van der Waals surface area (Å²) in [6.07, 6.45) is 0. The summed E-state index contributed by atoms with van der Waals surface area (Å²) in [4.78, 5) is 9.58. The molecule has 0 unspecified atom stereocenters. The third-order valence-electron chi connectivity index (χ3n) is 3.65. The molecule has 2 aromatic rings. The van der Waals surface area contributed by atoms with Gasteiger partial charge in [0.25, 0.3) is 0 Å². The highest BCUT2D eigenvalue weighted by Crippen LogP contribution is 2.28. The molecular weight excluding hydrogens is 234 g/mol. The highest BCUT2D eigenvalue weighted by molar-refractivity contribution is 5.60. The first-order chi connectivity index (χ1) is 9.16. The molecule has 0 atom stereocenters. The first kappa shape index (κ1) is 12.3. The molecule has 0 amide bonds. The number of hydrogen-bond donors (Lipinski definition) is 1. The van der Waals surface area contributed by atoms with Crippen LogP contribution in [0.25, 0.3) is 11.4 Å². The molecule has 0 fully saturated rings. The molecule has 3 rings (SSSR count). The average molecular weight is 253 g/mol. The highest BCUT2D eigenvalue weighted by Gasteiger charge is 2.21. The van der Waals surface area contributed by atoms with Crippen molar-refractivity contribution in [3.8, 4) is 11.4 Å². The number of fused-ring (bicyclic) bond motifs is 1. The Morgan fingerprint density at radius 2 is 1.89 bits per heavy atom. The molecule has 0 spiro atoms. The van der Waals surface area contributed by atoms with E-state index in [1.807, 2.05) is 6.07 Å². The molecule has 2 heterocycles. The Morgan fingerprint density at radius 3 is 2.63 bits per heavy atom. The molecule has 0 radical (unpaired) electrons. The zero-order chi connectivity index (χ0) is 13.4. The van der Waals surface area contributed by atoms with Crippen LogP contribution in [0.5, 0.6) is 0 Å². The molecule has 1 N–H and O–H groups in total. The minimum atomic E-state index is 0.430. The van der Waals surface area contributed by atoms with E-state index < -0.39 is 0 Å². The lowest BCUT2D eigenvalue weighted by molar-refractivity contribution is 0.746. The molecule has 0 saturated heterocycles. The van der Waals surface area contributed by atoms with Crippen LogP contribution < -0.4 is 5.32 Å². The van der Waals surface area contributed by atoms with Gasteiger partial charge in [-0.2, -0.15) is 0 Å². The Morgan fingerprint density at radius 1 is 1.11 bits per heavy atom. The minimum absolute atomic E-state index is 0.430. The summed E-state index contributed by atoms with van der Waals surface area (Å²) in [7, 11) is 0. The zero-order valence-electron chi connectivity index (χ0n) is 11.7. The molecule has 1 aliphatic rings. The topological polar surface area (TPSA) is 37.8 Å². The van der Waals surface area contributed by atoms with Crippen LogP contribution in [0.15, 0.2) is 24.3 Å². The normalized spacial score (nSPS) is 13.9. The second-order valence-electron chi connectivity index (χ2n) is 5.43. The van der Waals surface area contributed by atoms with E-state index >= 15 is 0 Å². The second-order valence-corrected chi connectivity index (χ2v) is 5.43. The van der Waals surface area contributed by atoms with Crippen molar-refractivity contribution in [1.29, 1.82) is 0 Å². The van der Waals surface area contributed by atoms with Crippen LogP contribution in [0.4, 0.5) is 0 Å². The maximum absolute atomic E-state index is 4.82. The maximum atomic E-state index is 4.82. The van der Waals surface area contributed by atoms with E-state index in [1.54, 1.807) is 0 Å². The SMILES string of the molecule is Cc1ccccc1-c1nc2c(c(C(C)C)n1)CNC2. The van der Waals surface area contributed by atoms with Crippen molar-refractivity contribution in [3.63, 3.8) is 0 Å². The summed E-state index contributed by atoms with van der Waals surface area (Å²) in [5, 5.41) is 3.37. The zero-order valence-corrected chi connectivity index (χ0v) is 11.7. The number of aromatic nitrogens is 2. The van der Waals surface area contributed by atoms with Gasteiger partial charge in [-0.25, -0.2) is 9.97 Å². The summed E-state index contributed by atoms with van der Waals surface area (Å²) in [5.74, 6) is 1.30. The van der Waals surface area contributed by atoms with Gasteiger partial charge in [0.05, 0.1) is 11.4 Å². The molecular formula is C16H19N3. The van der Waals surface area contributed by atoms with Gasteiger partial charge in [-0.05, 0) is 18.4 Å². The van der Waals surface area contributed by atoms with Crippen LogP contribution >= 0.6 is 0 Å². The predicted molar refractivity (Wildman–Crippen MR) is 76.8 cm³/mol. The van der Waals surface area contributed by atoms with Gasteiger partial charge in [0.1, 0.15) is 0 Å². The molecule has 0 bridgehead atoms. The first-order valence-electron chi connectivity index (χ1n) is 6.83. The molecule has 19 heavy (non-hydrogen) atoms. The van der Waals surface area contributed by atoms with E-state index in [9.17, 15) is 0 Å². The van der Waals surface area contributed by atoms with Gasteiger partial charge in [-0.1, -0.05) is 38.1 Å². The van der Waals surface area contributed by atoms with Gasteiger partial charge in [-0.15, -0.1) is 0 Å². The van der Waals surface area contributed by atoms with Crippen LogP contribution in [-0.4, -0.2) is 9.97 Å². The largest absolute Gasteiger partial charge is 0.307 e. The van der Waals surface area contributed by atoms with E-state index in [2.05, 4.69) is 44.3 Å². The lowest BCUT2D eigenvalue weighted by Crippen LogP contribution is -2.05. The van der Waals surface area contributed by atoms with Crippen molar-refractivity contribution < 1.29 is 0 Å². The fourth-order valence-corrected chi connectivity index (χ4v) is 2.62. The van der Waals surface area contributed by atoms with Crippen molar-refractivity contribution in [3.05, 3.63) is 46.8 Å². The van der Waals surface area contributed by atoms with Gasteiger partial charge < -0.3 is 5.32 Å². The van der Waals surface area contributed by atoms with E-state index in [0.717, 1.165) is 30.2 Å². The Kier molecular flexibility index (Phi) is 3.07. The summed E-state index contributed by atoms with van der Waals surface area (Å²) in [6, 6.07) is 8.31. The second kappa shape index (κ2) is 4.74. The molecule has 0 aliphatic carbocycles. The standard InChI is InChI=1S/C16H19N3/c1-10(2)15-13-8-17-9-14(13)18-16(19-15)12-7-5-4-6-11(12)3/h4-7,10,17H,8-9H2,1-3H3. The predicted octanol–water partition coefficient (Wildman–Crippen LogP) is 3.18. The quantitative estimate of drug-likeness (QED) is 0.893. The van der Waals surface area contributed by atoms with Crippen LogP contribution in [0, 0.1) is 6.92 Å². The number of nitrogens with one attached hydrogen (secondary N) is 1. The van der Waals surface area contributed by atoms with Crippen molar-refractivity contribution in [2.24, 2.45) is 0 Å². The van der Waals surface area contributed by atoms with Crippen LogP contribution in [0.2, 0.25) is 0 Å². The maximum Gasteiger partial charge on any atom is 0.159 e. The first-order valence-corrected chi connectivity index (χ1v) is 6.83. The third-order valence-corrected chi connectivity index (χ3v) is 3.65. The molecule has 0 saturated carbocycles. The molecule has 3 heteroatoms. The number of benzene rings is 1. The van der Waals surface area contributed by atoms with Crippen molar-refractivity contribution in [2.45, 2.75) is 39.8 Å².